The van der Waals surface area contributed by atoms with E-state index in [0.29, 0.717) is 0 Å². The fraction of sp³-hybridized carbons (Fsp3) is 0.308. The number of benzene rings is 1. The Balaban J connectivity index is 2.27. The zero-order valence-electron chi connectivity index (χ0n) is 10.9. The summed E-state index contributed by atoms with van der Waals surface area (Å²) in [5, 5.41) is 2.06. The number of hydrogen-bond acceptors (Lipinski definition) is 3. The van der Waals surface area contributed by atoms with E-state index in [1.54, 1.807) is 0 Å². The maximum atomic E-state index is 13.1. The zero-order chi connectivity index (χ0) is 15.1. The van der Waals surface area contributed by atoms with E-state index in [0.717, 1.165) is 17.0 Å². The number of nitrogens with one attached hydrogen (secondary N) is 1. The van der Waals surface area contributed by atoms with Gasteiger partial charge >= 0.3 is 6.03 Å². The van der Waals surface area contributed by atoms with Crippen LogP contribution in [0, 0.1) is 17.0 Å². The minimum absolute atomic E-state index is 0.238. The molecule has 0 bridgehead atoms. The highest BCUT2D eigenvalue weighted by atomic mass is 19.2. The van der Waals surface area contributed by atoms with Crippen LogP contribution in [0.4, 0.5) is 13.6 Å². The van der Waals surface area contributed by atoms with E-state index in [1.807, 2.05) is 0 Å². The summed E-state index contributed by atoms with van der Waals surface area (Å²) in [6.07, 6.45) is 0. The maximum Gasteiger partial charge on any atom is 0.331 e. The van der Waals surface area contributed by atoms with Crippen LogP contribution in [-0.2, 0) is 16.1 Å². The normalized spacial score (nSPS) is 18.2. The van der Waals surface area contributed by atoms with Gasteiger partial charge in [0.15, 0.2) is 11.6 Å². The molecule has 0 atom stereocenters. The first-order valence-corrected chi connectivity index (χ1v) is 5.85. The van der Waals surface area contributed by atoms with Gasteiger partial charge in [0.25, 0.3) is 0 Å². The molecule has 0 radical (unpaired) electrons. The molecular formula is C13H12F2N2O3. The van der Waals surface area contributed by atoms with E-state index < -0.39 is 34.9 Å². The SMILES string of the molecule is CC1(C)C(=O)NC(=O)N(Cc2ccc(F)c(F)c2)C1=O. The van der Waals surface area contributed by atoms with Gasteiger partial charge in [0.2, 0.25) is 11.8 Å². The standard InChI is InChI=1S/C13H12F2N2O3/c1-13(2)10(18)16-12(20)17(11(13)19)6-7-3-4-8(14)9(15)5-7/h3-5H,6H2,1-2H3,(H,16,18,20). The third-order valence-electron chi connectivity index (χ3n) is 3.14. The average Bonchev–Trinajstić information content (AvgIpc) is 2.37. The van der Waals surface area contributed by atoms with Crippen LogP contribution >= 0.6 is 0 Å². The van der Waals surface area contributed by atoms with Gasteiger partial charge in [0.05, 0.1) is 6.54 Å². The molecule has 1 saturated heterocycles. The van der Waals surface area contributed by atoms with Crippen molar-refractivity contribution < 1.29 is 23.2 Å². The summed E-state index contributed by atoms with van der Waals surface area (Å²) in [5.41, 5.74) is -1.13. The van der Waals surface area contributed by atoms with Crippen LogP contribution in [0.5, 0.6) is 0 Å². The van der Waals surface area contributed by atoms with E-state index in [-0.39, 0.29) is 12.1 Å². The smallest absolute Gasteiger partial charge is 0.277 e. The summed E-state index contributed by atoms with van der Waals surface area (Å²) in [5.74, 6) is -3.45. The van der Waals surface area contributed by atoms with Gasteiger partial charge in [-0.1, -0.05) is 6.07 Å². The molecule has 1 heterocycles. The van der Waals surface area contributed by atoms with Gasteiger partial charge in [-0.3, -0.25) is 19.8 Å². The van der Waals surface area contributed by atoms with Crippen molar-refractivity contribution >= 4 is 17.8 Å². The molecule has 0 spiro atoms. The van der Waals surface area contributed by atoms with E-state index in [9.17, 15) is 23.2 Å². The molecule has 0 aliphatic carbocycles. The summed E-state index contributed by atoms with van der Waals surface area (Å²) >= 11 is 0. The molecule has 0 unspecified atom stereocenters. The second-order valence-electron chi connectivity index (χ2n) is 5.02. The Kier molecular flexibility index (Phi) is 3.29. The van der Waals surface area contributed by atoms with E-state index >= 15 is 0 Å². The van der Waals surface area contributed by atoms with Crippen LogP contribution in [0.1, 0.15) is 19.4 Å². The third-order valence-corrected chi connectivity index (χ3v) is 3.14. The number of hydrogen-bond donors (Lipinski definition) is 1. The zero-order valence-corrected chi connectivity index (χ0v) is 10.9. The van der Waals surface area contributed by atoms with E-state index in [4.69, 9.17) is 0 Å². The number of nitrogens with zero attached hydrogens (tertiary/aromatic N) is 1. The van der Waals surface area contributed by atoms with Crippen molar-refractivity contribution in [1.82, 2.24) is 10.2 Å². The molecule has 5 nitrogen and oxygen atoms in total. The topological polar surface area (TPSA) is 66.5 Å². The summed E-state index contributed by atoms with van der Waals surface area (Å²) in [7, 11) is 0. The molecule has 7 heteroatoms. The van der Waals surface area contributed by atoms with Crippen molar-refractivity contribution in [3.05, 3.63) is 35.4 Å². The lowest BCUT2D eigenvalue weighted by atomic mass is 9.88. The molecule has 2 rings (SSSR count). The van der Waals surface area contributed by atoms with Gasteiger partial charge in [-0.05, 0) is 31.5 Å². The molecule has 1 aromatic carbocycles. The summed E-state index contributed by atoms with van der Waals surface area (Å²) < 4.78 is 25.9. The molecule has 20 heavy (non-hydrogen) atoms. The minimum Gasteiger partial charge on any atom is -0.277 e. The summed E-state index contributed by atoms with van der Waals surface area (Å²) in [6.45, 7) is 2.53. The van der Waals surface area contributed by atoms with Gasteiger partial charge in [-0.15, -0.1) is 0 Å². The van der Waals surface area contributed by atoms with Crippen molar-refractivity contribution in [2.24, 2.45) is 5.41 Å². The lowest BCUT2D eigenvalue weighted by Gasteiger charge is -2.34. The van der Waals surface area contributed by atoms with Gasteiger partial charge < -0.3 is 0 Å². The van der Waals surface area contributed by atoms with Crippen molar-refractivity contribution in [2.45, 2.75) is 20.4 Å². The maximum absolute atomic E-state index is 13.1. The number of halogens is 2. The predicted octanol–water partition coefficient (Wildman–Crippen LogP) is 1.57. The number of barbiturate groups is 1. The van der Waals surface area contributed by atoms with Crippen molar-refractivity contribution in [1.29, 1.82) is 0 Å². The molecule has 1 aliphatic rings. The van der Waals surface area contributed by atoms with E-state index in [2.05, 4.69) is 5.32 Å². The Morgan fingerprint density at radius 1 is 1.15 bits per heavy atom. The van der Waals surface area contributed by atoms with Crippen LogP contribution in [0.25, 0.3) is 0 Å². The second kappa shape index (κ2) is 4.66. The van der Waals surface area contributed by atoms with Gasteiger partial charge in [0.1, 0.15) is 5.41 Å². The van der Waals surface area contributed by atoms with Crippen molar-refractivity contribution in [2.75, 3.05) is 0 Å². The fourth-order valence-corrected chi connectivity index (χ4v) is 1.81. The first-order chi connectivity index (χ1) is 9.23. The second-order valence-corrected chi connectivity index (χ2v) is 5.02. The monoisotopic (exact) mass is 282 g/mol. The molecule has 0 saturated carbocycles. The molecular weight excluding hydrogens is 270 g/mol. The summed E-state index contributed by atoms with van der Waals surface area (Å²) in [4.78, 5) is 36.1. The Morgan fingerprint density at radius 2 is 1.80 bits per heavy atom. The summed E-state index contributed by atoms with van der Waals surface area (Å²) in [6, 6.07) is 2.21. The average molecular weight is 282 g/mol. The van der Waals surface area contributed by atoms with E-state index in [1.165, 1.54) is 19.9 Å². The first-order valence-electron chi connectivity index (χ1n) is 5.85. The number of carbonyl (C=O) groups excluding carboxylic acids is 3. The number of rotatable bonds is 2. The lowest BCUT2D eigenvalue weighted by molar-refractivity contribution is -0.149. The van der Waals surface area contributed by atoms with Gasteiger partial charge in [-0.25, -0.2) is 13.6 Å². The largest absolute Gasteiger partial charge is 0.331 e. The molecule has 1 N–H and O–H groups in total. The van der Waals surface area contributed by atoms with Gasteiger partial charge in [-0.2, -0.15) is 0 Å². The quantitative estimate of drug-likeness (QED) is 0.837. The molecule has 1 aromatic rings. The fourth-order valence-electron chi connectivity index (χ4n) is 1.81. The van der Waals surface area contributed by atoms with Crippen LogP contribution in [0.3, 0.4) is 0 Å². The highest BCUT2D eigenvalue weighted by Crippen LogP contribution is 2.25. The minimum atomic E-state index is -1.38. The molecule has 1 fully saturated rings. The first kappa shape index (κ1) is 14.1. The highest BCUT2D eigenvalue weighted by Gasteiger charge is 2.46. The number of imide groups is 2. The Hall–Kier alpha value is -2.31. The molecule has 1 aliphatic heterocycles. The number of carbonyl (C=O) groups is 3. The van der Waals surface area contributed by atoms with Crippen molar-refractivity contribution in [3.8, 4) is 0 Å². The number of amides is 4. The Bertz CT molecular complexity index is 614. The van der Waals surface area contributed by atoms with Crippen LogP contribution in [0.2, 0.25) is 0 Å². The van der Waals surface area contributed by atoms with Crippen LogP contribution < -0.4 is 5.32 Å². The molecule has 106 valence electrons. The van der Waals surface area contributed by atoms with Crippen LogP contribution in [-0.4, -0.2) is 22.7 Å². The highest BCUT2D eigenvalue weighted by molar-refractivity contribution is 6.18. The molecule has 4 amide bonds. The molecule has 0 aromatic heterocycles. The number of urea groups is 1. The third kappa shape index (κ3) is 2.26. The Labute approximate surface area is 113 Å². The van der Waals surface area contributed by atoms with Crippen LogP contribution in [0.15, 0.2) is 18.2 Å². The lowest BCUT2D eigenvalue weighted by Crippen LogP contribution is -2.61. The van der Waals surface area contributed by atoms with Gasteiger partial charge in [0, 0.05) is 0 Å². The van der Waals surface area contributed by atoms with Crippen molar-refractivity contribution in [3.63, 3.8) is 0 Å². The predicted molar refractivity (Wildman–Crippen MR) is 64.2 cm³/mol. The Morgan fingerprint density at radius 3 is 2.40 bits per heavy atom.